The van der Waals surface area contributed by atoms with Gasteiger partial charge in [0.25, 0.3) is 0 Å². The van der Waals surface area contributed by atoms with Gasteiger partial charge in [-0.15, -0.1) is 0 Å². The summed E-state index contributed by atoms with van der Waals surface area (Å²) in [5, 5.41) is 3.53. The van der Waals surface area contributed by atoms with Crippen LogP contribution >= 0.6 is 0 Å². The van der Waals surface area contributed by atoms with Gasteiger partial charge in [0.05, 0.1) is 0 Å². The molecular formula is C22H24N4. The minimum absolute atomic E-state index is 0.448. The van der Waals surface area contributed by atoms with Crippen molar-refractivity contribution in [2.75, 3.05) is 16.8 Å². The van der Waals surface area contributed by atoms with Crippen molar-refractivity contribution in [2.45, 2.75) is 33.1 Å². The predicted octanol–water partition coefficient (Wildman–Crippen LogP) is 5.35. The van der Waals surface area contributed by atoms with Gasteiger partial charge in [-0.05, 0) is 48.1 Å². The predicted molar refractivity (Wildman–Crippen MR) is 108 cm³/mol. The second-order valence-corrected chi connectivity index (χ2v) is 7.09. The molecule has 0 saturated heterocycles. The zero-order valence-corrected chi connectivity index (χ0v) is 15.5. The number of fused-ring (bicyclic) bond motifs is 1. The van der Waals surface area contributed by atoms with Crippen LogP contribution in [0.1, 0.15) is 36.5 Å². The van der Waals surface area contributed by atoms with E-state index < -0.39 is 0 Å². The fourth-order valence-electron chi connectivity index (χ4n) is 3.56. The van der Waals surface area contributed by atoms with Gasteiger partial charge < -0.3 is 10.2 Å². The summed E-state index contributed by atoms with van der Waals surface area (Å²) in [5.74, 6) is 2.03. The van der Waals surface area contributed by atoms with E-state index in [0.29, 0.717) is 5.92 Å². The molecule has 4 rings (SSSR count). The second-order valence-electron chi connectivity index (χ2n) is 7.09. The van der Waals surface area contributed by atoms with E-state index in [4.69, 9.17) is 4.98 Å². The molecule has 1 aliphatic heterocycles. The Morgan fingerprint density at radius 2 is 1.88 bits per heavy atom. The molecular weight excluding hydrogens is 320 g/mol. The fraction of sp³-hybridized carbons (Fsp3) is 0.273. The Kier molecular flexibility index (Phi) is 4.33. The number of benzene rings is 2. The number of anilines is 4. The maximum Gasteiger partial charge on any atom is 0.231 e. The van der Waals surface area contributed by atoms with Gasteiger partial charge in [0.1, 0.15) is 5.82 Å². The van der Waals surface area contributed by atoms with Crippen molar-refractivity contribution in [3.05, 3.63) is 71.4 Å². The van der Waals surface area contributed by atoms with Crippen LogP contribution in [0.15, 0.2) is 54.7 Å². The Morgan fingerprint density at radius 1 is 1.04 bits per heavy atom. The van der Waals surface area contributed by atoms with Gasteiger partial charge in [-0.3, -0.25) is 0 Å². The van der Waals surface area contributed by atoms with Gasteiger partial charge in [0, 0.05) is 24.1 Å². The first kappa shape index (κ1) is 16.6. The molecule has 0 unspecified atom stereocenters. The minimum Gasteiger partial charge on any atom is -0.340 e. The highest BCUT2D eigenvalue weighted by Crippen LogP contribution is 2.34. The van der Waals surface area contributed by atoms with Gasteiger partial charge in [-0.25, -0.2) is 4.98 Å². The molecule has 3 aromatic rings. The molecule has 26 heavy (non-hydrogen) atoms. The van der Waals surface area contributed by atoms with Crippen molar-refractivity contribution in [3.63, 3.8) is 0 Å². The number of hydrogen-bond donors (Lipinski definition) is 1. The lowest BCUT2D eigenvalue weighted by Crippen LogP contribution is -2.16. The minimum atomic E-state index is 0.448. The Balaban J connectivity index is 1.66. The van der Waals surface area contributed by atoms with Crippen molar-refractivity contribution in [1.82, 2.24) is 9.97 Å². The quantitative estimate of drug-likeness (QED) is 0.693. The number of hydrogen-bond acceptors (Lipinski definition) is 4. The van der Waals surface area contributed by atoms with Crippen molar-refractivity contribution in [1.29, 1.82) is 0 Å². The topological polar surface area (TPSA) is 41.1 Å². The lowest BCUT2D eigenvalue weighted by molar-refractivity contribution is 0.867. The van der Waals surface area contributed by atoms with E-state index in [9.17, 15) is 0 Å². The summed E-state index contributed by atoms with van der Waals surface area (Å²) in [6, 6.07) is 16.8. The summed E-state index contributed by atoms with van der Waals surface area (Å²) >= 11 is 0. The Bertz CT molecular complexity index is 933. The molecule has 0 spiro atoms. The maximum absolute atomic E-state index is 4.79. The molecule has 2 heterocycles. The molecule has 4 heteroatoms. The van der Waals surface area contributed by atoms with E-state index in [-0.39, 0.29) is 0 Å². The molecule has 0 atom stereocenters. The van der Waals surface area contributed by atoms with E-state index in [1.165, 1.54) is 22.4 Å². The smallest absolute Gasteiger partial charge is 0.231 e. The first-order valence-electron chi connectivity index (χ1n) is 9.18. The summed E-state index contributed by atoms with van der Waals surface area (Å²) in [4.78, 5) is 11.5. The van der Waals surface area contributed by atoms with Crippen molar-refractivity contribution in [3.8, 4) is 0 Å². The Labute approximate surface area is 154 Å². The van der Waals surface area contributed by atoms with Crippen LogP contribution in [0.2, 0.25) is 0 Å². The SMILES string of the molecule is Cc1cccc(C(C)C)c1Nc1ccnc(N2CCc3ccccc32)n1. The molecule has 1 aliphatic rings. The number of nitrogens with one attached hydrogen (secondary N) is 1. The third kappa shape index (κ3) is 3.03. The zero-order valence-electron chi connectivity index (χ0n) is 15.5. The molecule has 4 nitrogen and oxygen atoms in total. The fourth-order valence-corrected chi connectivity index (χ4v) is 3.56. The lowest BCUT2D eigenvalue weighted by Gasteiger charge is -2.19. The van der Waals surface area contributed by atoms with Crippen LogP contribution in [0.4, 0.5) is 23.1 Å². The van der Waals surface area contributed by atoms with Crippen LogP contribution in [-0.2, 0) is 6.42 Å². The zero-order chi connectivity index (χ0) is 18.1. The highest BCUT2D eigenvalue weighted by molar-refractivity contribution is 5.69. The molecule has 0 saturated carbocycles. The highest BCUT2D eigenvalue weighted by atomic mass is 15.3. The standard InChI is InChI=1S/C22H24N4/c1-15(2)18-9-6-7-16(3)21(18)24-20-11-13-23-22(25-20)26-14-12-17-8-4-5-10-19(17)26/h4-11,13,15H,12,14H2,1-3H3,(H,23,24,25). The van der Waals surface area contributed by atoms with E-state index in [2.05, 4.69) is 78.4 Å². The van der Waals surface area contributed by atoms with E-state index in [1.54, 1.807) is 0 Å². The Hall–Kier alpha value is -2.88. The highest BCUT2D eigenvalue weighted by Gasteiger charge is 2.22. The average Bonchev–Trinajstić information content (AvgIpc) is 3.07. The first-order valence-corrected chi connectivity index (χ1v) is 9.18. The monoisotopic (exact) mass is 344 g/mol. The van der Waals surface area contributed by atoms with E-state index in [1.807, 2.05) is 12.3 Å². The molecule has 0 aliphatic carbocycles. The number of nitrogens with zero attached hydrogens (tertiary/aromatic N) is 3. The Morgan fingerprint density at radius 3 is 2.73 bits per heavy atom. The van der Waals surface area contributed by atoms with Crippen LogP contribution in [0.5, 0.6) is 0 Å². The van der Waals surface area contributed by atoms with Crippen LogP contribution in [-0.4, -0.2) is 16.5 Å². The van der Waals surface area contributed by atoms with Gasteiger partial charge >= 0.3 is 0 Å². The van der Waals surface area contributed by atoms with Crippen molar-refractivity contribution < 1.29 is 0 Å². The van der Waals surface area contributed by atoms with E-state index in [0.717, 1.165) is 30.4 Å². The number of aryl methyl sites for hydroxylation is 1. The van der Waals surface area contributed by atoms with Gasteiger partial charge in [0.15, 0.2) is 0 Å². The molecule has 2 aromatic carbocycles. The van der Waals surface area contributed by atoms with Crippen molar-refractivity contribution >= 4 is 23.1 Å². The number of rotatable bonds is 4. The summed E-state index contributed by atoms with van der Waals surface area (Å²) in [6.45, 7) is 7.48. The molecule has 0 radical (unpaired) electrons. The van der Waals surface area contributed by atoms with Crippen molar-refractivity contribution in [2.24, 2.45) is 0 Å². The van der Waals surface area contributed by atoms with Crippen LogP contribution in [0, 0.1) is 6.92 Å². The first-order chi connectivity index (χ1) is 12.6. The third-order valence-electron chi connectivity index (χ3n) is 4.95. The molecule has 1 aromatic heterocycles. The molecule has 0 amide bonds. The average molecular weight is 344 g/mol. The summed E-state index contributed by atoms with van der Waals surface area (Å²) in [5.41, 5.74) is 6.24. The third-order valence-corrected chi connectivity index (χ3v) is 4.95. The summed E-state index contributed by atoms with van der Waals surface area (Å²) < 4.78 is 0. The van der Waals surface area contributed by atoms with Gasteiger partial charge in [0.2, 0.25) is 5.95 Å². The largest absolute Gasteiger partial charge is 0.340 e. The maximum atomic E-state index is 4.79. The van der Waals surface area contributed by atoms with Crippen LogP contribution < -0.4 is 10.2 Å². The summed E-state index contributed by atoms with van der Waals surface area (Å²) in [7, 11) is 0. The van der Waals surface area contributed by atoms with Gasteiger partial charge in [-0.1, -0.05) is 50.2 Å². The van der Waals surface area contributed by atoms with Crippen LogP contribution in [0.25, 0.3) is 0 Å². The molecule has 1 N–H and O–H groups in total. The lowest BCUT2D eigenvalue weighted by atomic mass is 9.98. The van der Waals surface area contributed by atoms with Crippen LogP contribution in [0.3, 0.4) is 0 Å². The molecule has 132 valence electrons. The normalized spacial score (nSPS) is 13.2. The van der Waals surface area contributed by atoms with E-state index >= 15 is 0 Å². The second kappa shape index (κ2) is 6.79. The number of aromatic nitrogens is 2. The van der Waals surface area contributed by atoms with Gasteiger partial charge in [-0.2, -0.15) is 4.98 Å². The number of para-hydroxylation sites is 2. The molecule has 0 bridgehead atoms. The summed E-state index contributed by atoms with van der Waals surface area (Å²) in [6.07, 6.45) is 2.87. The molecule has 0 fully saturated rings.